The third-order valence-corrected chi connectivity index (χ3v) is 4.27. The van der Waals surface area contributed by atoms with Gasteiger partial charge < -0.3 is 10.6 Å². The molecule has 0 radical (unpaired) electrons. The van der Waals surface area contributed by atoms with Crippen LogP contribution in [0.15, 0.2) is 30.3 Å². The lowest BCUT2D eigenvalue weighted by Crippen LogP contribution is -2.32. The van der Waals surface area contributed by atoms with Crippen molar-refractivity contribution >= 4 is 22.6 Å². The molecule has 2 N–H and O–H groups in total. The number of nitrogens with zero attached hydrogens (tertiary/aromatic N) is 2. The maximum Gasteiger partial charge on any atom is 0.254 e. The summed E-state index contributed by atoms with van der Waals surface area (Å²) < 4.78 is 0. The van der Waals surface area contributed by atoms with Gasteiger partial charge in [-0.3, -0.25) is 4.79 Å². The van der Waals surface area contributed by atoms with Gasteiger partial charge in [0, 0.05) is 18.5 Å². The average molecular weight is 283 g/mol. The number of rotatable bonds is 1. The van der Waals surface area contributed by atoms with Crippen LogP contribution in [0.5, 0.6) is 0 Å². The number of aromatic nitrogens is 1. The van der Waals surface area contributed by atoms with E-state index < -0.39 is 0 Å². The predicted molar refractivity (Wildman–Crippen MR) is 85.1 cm³/mol. The van der Waals surface area contributed by atoms with Gasteiger partial charge in [0.1, 0.15) is 5.82 Å². The molecular formula is C17H21N3O. The first-order valence-corrected chi connectivity index (χ1v) is 7.59. The molecule has 4 nitrogen and oxygen atoms in total. The molecule has 1 fully saturated rings. The van der Waals surface area contributed by atoms with Crippen molar-refractivity contribution in [1.29, 1.82) is 0 Å². The number of hydrogen-bond acceptors (Lipinski definition) is 3. The summed E-state index contributed by atoms with van der Waals surface area (Å²) in [5, 5.41) is 0.883. The summed E-state index contributed by atoms with van der Waals surface area (Å²) in [5.41, 5.74) is 7.32. The van der Waals surface area contributed by atoms with Crippen LogP contribution in [-0.2, 0) is 0 Å². The fraction of sp³-hybridized carbons (Fsp3) is 0.412. The highest BCUT2D eigenvalue weighted by Crippen LogP contribution is 2.23. The number of amides is 1. The molecule has 1 unspecified atom stereocenters. The van der Waals surface area contributed by atoms with E-state index in [1.54, 1.807) is 6.07 Å². The standard InChI is InChI=1S/C17H21N3O/c1-12-5-4-9-20(10-8-12)17(21)14-11-16(18)19-15-7-3-2-6-13(14)15/h2-3,6-7,11-12H,4-5,8-10H2,1H3,(H2,18,19). The van der Waals surface area contributed by atoms with E-state index >= 15 is 0 Å². The maximum atomic E-state index is 12.9. The van der Waals surface area contributed by atoms with Gasteiger partial charge in [0.25, 0.3) is 5.91 Å². The van der Waals surface area contributed by atoms with Crippen molar-refractivity contribution in [2.75, 3.05) is 18.8 Å². The molecular weight excluding hydrogens is 262 g/mol. The highest BCUT2D eigenvalue weighted by atomic mass is 16.2. The first-order chi connectivity index (χ1) is 10.1. The number of nitrogen functional groups attached to an aromatic ring is 1. The number of pyridine rings is 1. The second kappa shape index (κ2) is 5.72. The molecule has 1 aliphatic heterocycles. The van der Waals surface area contributed by atoms with Crippen molar-refractivity contribution in [2.24, 2.45) is 5.92 Å². The molecule has 2 heterocycles. The Morgan fingerprint density at radius 1 is 1.29 bits per heavy atom. The maximum absolute atomic E-state index is 12.9. The van der Waals surface area contributed by atoms with E-state index in [9.17, 15) is 4.79 Å². The third kappa shape index (κ3) is 2.84. The van der Waals surface area contributed by atoms with Crippen LogP contribution in [0.25, 0.3) is 10.9 Å². The molecule has 0 aliphatic carbocycles. The molecule has 2 aromatic rings. The van der Waals surface area contributed by atoms with Crippen LogP contribution >= 0.6 is 0 Å². The number of benzene rings is 1. The zero-order chi connectivity index (χ0) is 14.8. The highest BCUT2D eigenvalue weighted by Gasteiger charge is 2.21. The molecule has 4 heteroatoms. The normalized spacial score (nSPS) is 19.5. The number of fused-ring (bicyclic) bond motifs is 1. The molecule has 110 valence electrons. The highest BCUT2D eigenvalue weighted by molar-refractivity contribution is 6.06. The molecule has 0 spiro atoms. The summed E-state index contributed by atoms with van der Waals surface area (Å²) in [5.74, 6) is 1.18. The SMILES string of the molecule is CC1CCCN(C(=O)c2cc(N)nc3ccccc23)CC1. The second-order valence-electron chi connectivity index (χ2n) is 5.94. The van der Waals surface area contributed by atoms with Crippen molar-refractivity contribution in [3.63, 3.8) is 0 Å². The minimum Gasteiger partial charge on any atom is -0.384 e. The van der Waals surface area contributed by atoms with Gasteiger partial charge in [0.15, 0.2) is 0 Å². The Balaban J connectivity index is 1.97. The summed E-state index contributed by atoms with van der Waals surface area (Å²) in [6.45, 7) is 3.92. The van der Waals surface area contributed by atoms with Gasteiger partial charge in [-0.15, -0.1) is 0 Å². The number of para-hydroxylation sites is 1. The van der Waals surface area contributed by atoms with Crippen LogP contribution in [0, 0.1) is 5.92 Å². The van der Waals surface area contributed by atoms with Gasteiger partial charge in [0.2, 0.25) is 0 Å². The van der Waals surface area contributed by atoms with Crippen molar-refractivity contribution in [1.82, 2.24) is 9.88 Å². The Kier molecular flexibility index (Phi) is 3.78. The molecule has 1 atom stereocenters. The Bertz CT molecular complexity index is 668. The topological polar surface area (TPSA) is 59.2 Å². The third-order valence-electron chi connectivity index (χ3n) is 4.27. The Labute approximate surface area is 125 Å². The van der Waals surface area contributed by atoms with Crippen molar-refractivity contribution < 1.29 is 4.79 Å². The molecule has 1 aromatic heterocycles. The van der Waals surface area contributed by atoms with Crippen molar-refractivity contribution in [3.8, 4) is 0 Å². The lowest BCUT2D eigenvalue weighted by Gasteiger charge is -2.21. The van der Waals surface area contributed by atoms with Gasteiger partial charge in [-0.1, -0.05) is 25.1 Å². The molecule has 1 saturated heterocycles. The molecule has 0 saturated carbocycles. The first kappa shape index (κ1) is 13.9. The number of nitrogens with two attached hydrogens (primary N) is 1. The van der Waals surface area contributed by atoms with Crippen LogP contribution in [0.2, 0.25) is 0 Å². The minimum atomic E-state index is 0.0781. The summed E-state index contributed by atoms with van der Waals surface area (Å²) in [6.07, 6.45) is 3.35. The number of hydrogen-bond donors (Lipinski definition) is 1. The van der Waals surface area contributed by atoms with Crippen molar-refractivity contribution in [2.45, 2.75) is 26.2 Å². The van der Waals surface area contributed by atoms with Crippen LogP contribution in [-0.4, -0.2) is 28.9 Å². The van der Waals surface area contributed by atoms with Gasteiger partial charge in [0.05, 0.1) is 11.1 Å². The minimum absolute atomic E-state index is 0.0781. The van der Waals surface area contributed by atoms with E-state index in [0.29, 0.717) is 17.3 Å². The zero-order valence-corrected chi connectivity index (χ0v) is 12.4. The number of anilines is 1. The van der Waals surface area contributed by atoms with E-state index in [-0.39, 0.29) is 5.91 Å². The van der Waals surface area contributed by atoms with E-state index in [2.05, 4.69) is 11.9 Å². The smallest absolute Gasteiger partial charge is 0.254 e. The van der Waals surface area contributed by atoms with E-state index in [1.165, 1.54) is 6.42 Å². The van der Waals surface area contributed by atoms with Crippen LogP contribution < -0.4 is 5.73 Å². The lowest BCUT2D eigenvalue weighted by molar-refractivity contribution is 0.0762. The zero-order valence-electron chi connectivity index (χ0n) is 12.4. The molecule has 3 rings (SSSR count). The van der Waals surface area contributed by atoms with Gasteiger partial charge in [-0.2, -0.15) is 0 Å². The van der Waals surface area contributed by atoms with E-state index in [1.807, 2.05) is 29.2 Å². The predicted octanol–water partition coefficient (Wildman–Crippen LogP) is 3.08. The van der Waals surface area contributed by atoms with Crippen molar-refractivity contribution in [3.05, 3.63) is 35.9 Å². The largest absolute Gasteiger partial charge is 0.384 e. The van der Waals surface area contributed by atoms with Gasteiger partial charge >= 0.3 is 0 Å². The fourth-order valence-corrected chi connectivity index (χ4v) is 3.01. The Morgan fingerprint density at radius 3 is 2.95 bits per heavy atom. The molecule has 1 aliphatic rings. The van der Waals surface area contributed by atoms with Crippen LogP contribution in [0.1, 0.15) is 36.5 Å². The van der Waals surface area contributed by atoms with Crippen LogP contribution in [0.3, 0.4) is 0 Å². The Hall–Kier alpha value is -2.10. The molecule has 0 bridgehead atoms. The second-order valence-corrected chi connectivity index (χ2v) is 5.94. The first-order valence-electron chi connectivity index (χ1n) is 7.59. The molecule has 21 heavy (non-hydrogen) atoms. The number of carbonyl (C=O) groups is 1. The number of carbonyl (C=O) groups excluding carboxylic acids is 1. The lowest BCUT2D eigenvalue weighted by atomic mass is 10.0. The summed E-state index contributed by atoms with van der Waals surface area (Å²) >= 11 is 0. The molecule has 1 aromatic carbocycles. The summed E-state index contributed by atoms with van der Waals surface area (Å²) in [6, 6.07) is 9.39. The summed E-state index contributed by atoms with van der Waals surface area (Å²) in [4.78, 5) is 19.1. The quantitative estimate of drug-likeness (QED) is 0.875. The molecule has 1 amide bonds. The van der Waals surface area contributed by atoms with Gasteiger partial charge in [-0.05, 0) is 37.3 Å². The fourth-order valence-electron chi connectivity index (χ4n) is 3.01. The van der Waals surface area contributed by atoms with Gasteiger partial charge in [-0.25, -0.2) is 4.98 Å². The van der Waals surface area contributed by atoms with Crippen LogP contribution in [0.4, 0.5) is 5.82 Å². The monoisotopic (exact) mass is 283 g/mol. The number of likely N-dealkylation sites (tertiary alicyclic amines) is 1. The average Bonchev–Trinajstić information content (AvgIpc) is 2.70. The van der Waals surface area contributed by atoms with E-state index in [4.69, 9.17) is 5.73 Å². The van der Waals surface area contributed by atoms with E-state index in [0.717, 1.165) is 36.8 Å². The summed E-state index contributed by atoms with van der Waals surface area (Å²) in [7, 11) is 0. The Morgan fingerprint density at radius 2 is 2.10 bits per heavy atom.